The molecule has 17 heavy (non-hydrogen) atoms. The fourth-order valence-corrected chi connectivity index (χ4v) is 1.83. The van der Waals surface area contributed by atoms with Gasteiger partial charge in [0.1, 0.15) is 6.10 Å². The first-order valence-electron chi connectivity index (χ1n) is 5.77. The predicted molar refractivity (Wildman–Crippen MR) is 65.7 cm³/mol. The molecule has 0 saturated carbocycles. The summed E-state index contributed by atoms with van der Waals surface area (Å²) in [6.07, 6.45) is 0.952. The normalized spacial score (nSPS) is 12.7. The van der Waals surface area contributed by atoms with Crippen molar-refractivity contribution in [2.45, 2.75) is 33.4 Å². The number of aliphatic hydroxyl groups is 1. The zero-order valence-electron chi connectivity index (χ0n) is 10.4. The van der Waals surface area contributed by atoms with E-state index in [1.807, 2.05) is 32.0 Å². The average molecular weight is 231 g/mol. The molecule has 0 aliphatic rings. The molecule has 2 aromatic rings. The van der Waals surface area contributed by atoms with E-state index in [0.717, 1.165) is 11.3 Å². The Morgan fingerprint density at radius 3 is 2.71 bits per heavy atom. The van der Waals surface area contributed by atoms with Crippen molar-refractivity contribution in [3.63, 3.8) is 0 Å². The van der Waals surface area contributed by atoms with Crippen LogP contribution in [0.15, 0.2) is 24.4 Å². The highest BCUT2D eigenvalue weighted by Crippen LogP contribution is 2.22. The summed E-state index contributed by atoms with van der Waals surface area (Å²) in [5.74, 6) is 0. The first kappa shape index (κ1) is 11.8. The largest absolute Gasteiger partial charge is 0.382 e. The minimum atomic E-state index is -0.663. The van der Waals surface area contributed by atoms with Gasteiger partial charge in [-0.2, -0.15) is 0 Å². The number of aliphatic hydroxyl groups excluding tert-OH is 1. The quantitative estimate of drug-likeness (QED) is 0.879. The maximum Gasteiger partial charge on any atom is 0.122 e. The van der Waals surface area contributed by atoms with Gasteiger partial charge in [-0.05, 0) is 37.5 Å². The highest BCUT2D eigenvalue weighted by atomic mass is 16.3. The Balaban J connectivity index is 2.36. The standard InChI is InChI=1S/C13H17N3O/c1-4-16-12(8-14-15-16)13(17)11-6-5-9(2)10(3)7-11/h5-8,13,17H,4H2,1-3H3. The molecule has 1 heterocycles. The van der Waals surface area contributed by atoms with E-state index in [0.29, 0.717) is 6.54 Å². The fourth-order valence-electron chi connectivity index (χ4n) is 1.83. The molecule has 2 rings (SSSR count). The molecule has 0 aliphatic heterocycles. The van der Waals surface area contributed by atoms with Crippen molar-refractivity contribution >= 4 is 0 Å². The van der Waals surface area contributed by atoms with Gasteiger partial charge in [0.25, 0.3) is 0 Å². The molecule has 90 valence electrons. The second-order valence-electron chi connectivity index (χ2n) is 4.22. The van der Waals surface area contributed by atoms with Crippen molar-refractivity contribution in [3.8, 4) is 0 Å². The maximum atomic E-state index is 10.3. The molecule has 1 aromatic heterocycles. The number of benzene rings is 1. The second kappa shape index (κ2) is 4.67. The van der Waals surface area contributed by atoms with E-state index in [1.165, 1.54) is 11.1 Å². The Bertz CT molecular complexity index is 519. The molecule has 4 nitrogen and oxygen atoms in total. The molecule has 1 atom stereocenters. The zero-order chi connectivity index (χ0) is 12.4. The third-order valence-corrected chi connectivity index (χ3v) is 3.07. The lowest BCUT2D eigenvalue weighted by molar-refractivity contribution is 0.208. The topological polar surface area (TPSA) is 50.9 Å². The smallest absolute Gasteiger partial charge is 0.122 e. The molecular weight excluding hydrogens is 214 g/mol. The van der Waals surface area contributed by atoms with Crippen molar-refractivity contribution in [3.05, 3.63) is 46.8 Å². The van der Waals surface area contributed by atoms with E-state index >= 15 is 0 Å². The number of hydrogen-bond acceptors (Lipinski definition) is 3. The molecule has 1 N–H and O–H groups in total. The van der Waals surface area contributed by atoms with E-state index in [2.05, 4.69) is 17.2 Å². The van der Waals surface area contributed by atoms with Crippen LogP contribution in [0.5, 0.6) is 0 Å². The lowest BCUT2D eigenvalue weighted by Crippen LogP contribution is -2.09. The minimum Gasteiger partial charge on any atom is -0.382 e. The minimum absolute atomic E-state index is 0.663. The first-order chi connectivity index (χ1) is 8.13. The van der Waals surface area contributed by atoms with Gasteiger partial charge in [0.15, 0.2) is 0 Å². The summed E-state index contributed by atoms with van der Waals surface area (Å²) in [5.41, 5.74) is 4.01. The Hall–Kier alpha value is -1.68. The monoisotopic (exact) mass is 231 g/mol. The summed E-state index contributed by atoms with van der Waals surface area (Å²) >= 11 is 0. The summed E-state index contributed by atoms with van der Waals surface area (Å²) in [5, 5.41) is 18.1. The van der Waals surface area contributed by atoms with Gasteiger partial charge in [0.2, 0.25) is 0 Å². The average Bonchev–Trinajstić information content (AvgIpc) is 2.80. The molecule has 0 fully saturated rings. The third kappa shape index (κ3) is 2.22. The van der Waals surface area contributed by atoms with Crippen LogP contribution in [0.2, 0.25) is 0 Å². The first-order valence-corrected chi connectivity index (χ1v) is 5.77. The van der Waals surface area contributed by atoms with Crippen LogP contribution in [0.4, 0.5) is 0 Å². The Morgan fingerprint density at radius 2 is 2.06 bits per heavy atom. The molecular formula is C13H17N3O. The Morgan fingerprint density at radius 1 is 1.29 bits per heavy atom. The van der Waals surface area contributed by atoms with Crippen molar-refractivity contribution in [1.29, 1.82) is 0 Å². The molecule has 0 amide bonds. The predicted octanol–water partition coefficient (Wildman–Crippen LogP) is 2.00. The van der Waals surface area contributed by atoms with Gasteiger partial charge >= 0.3 is 0 Å². The summed E-state index contributed by atoms with van der Waals surface area (Å²) < 4.78 is 1.71. The molecule has 4 heteroatoms. The highest BCUT2D eigenvalue weighted by Gasteiger charge is 2.15. The van der Waals surface area contributed by atoms with Gasteiger partial charge in [-0.15, -0.1) is 5.10 Å². The fraction of sp³-hybridized carbons (Fsp3) is 0.385. The van der Waals surface area contributed by atoms with Crippen LogP contribution in [0, 0.1) is 13.8 Å². The Labute approximate surface area is 101 Å². The van der Waals surface area contributed by atoms with Crippen LogP contribution in [-0.2, 0) is 6.54 Å². The zero-order valence-corrected chi connectivity index (χ0v) is 10.4. The van der Waals surface area contributed by atoms with Gasteiger partial charge < -0.3 is 5.11 Å². The summed E-state index contributed by atoms with van der Waals surface area (Å²) in [4.78, 5) is 0. The second-order valence-corrected chi connectivity index (χ2v) is 4.22. The maximum absolute atomic E-state index is 10.3. The van der Waals surface area contributed by atoms with E-state index in [9.17, 15) is 5.11 Å². The van der Waals surface area contributed by atoms with Gasteiger partial charge in [-0.3, -0.25) is 0 Å². The van der Waals surface area contributed by atoms with Crippen molar-refractivity contribution in [2.75, 3.05) is 0 Å². The number of aromatic nitrogens is 3. The summed E-state index contributed by atoms with van der Waals surface area (Å²) in [6, 6.07) is 5.97. The van der Waals surface area contributed by atoms with Crippen LogP contribution >= 0.6 is 0 Å². The number of aryl methyl sites for hydroxylation is 3. The lowest BCUT2D eigenvalue weighted by atomic mass is 10.0. The van der Waals surface area contributed by atoms with Crippen molar-refractivity contribution in [1.82, 2.24) is 15.0 Å². The Kier molecular flexibility index (Phi) is 3.24. The van der Waals surface area contributed by atoms with E-state index in [1.54, 1.807) is 10.9 Å². The third-order valence-electron chi connectivity index (χ3n) is 3.07. The van der Waals surface area contributed by atoms with Crippen LogP contribution < -0.4 is 0 Å². The van der Waals surface area contributed by atoms with Crippen LogP contribution in [0.25, 0.3) is 0 Å². The lowest BCUT2D eigenvalue weighted by Gasteiger charge is -2.13. The van der Waals surface area contributed by atoms with Crippen molar-refractivity contribution < 1.29 is 5.11 Å². The molecule has 0 saturated heterocycles. The molecule has 0 aliphatic carbocycles. The van der Waals surface area contributed by atoms with E-state index < -0.39 is 6.10 Å². The molecule has 0 spiro atoms. The summed E-state index contributed by atoms with van der Waals surface area (Å²) in [7, 11) is 0. The van der Waals surface area contributed by atoms with Gasteiger partial charge in [-0.1, -0.05) is 23.4 Å². The van der Waals surface area contributed by atoms with Gasteiger partial charge in [-0.25, -0.2) is 4.68 Å². The molecule has 0 bridgehead atoms. The van der Waals surface area contributed by atoms with Crippen LogP contribution in [0.3, 0.4) is 0 Å². The van der Waals surface area contributed by atoms with E-state index in [4.69, 9.17) is 0 Å². The van der Waals surface area contributed by atoms with E-state index in [-0.39, 0.29) is 0 Å². The number of nitrogens with zero attached hydrogens (tertiary/aromatic N) is 3. The number of rotatable bonds is 3. The van der Waals surface area contributed by atoms with Crippen molar-refractivity contribution in [2.24, 2.45) is 0 Å². The summed E-state index contributed by atoms with van der Waals surface area (Å²) in [6.45, 7) is 6.78. The van der Waals surface area contributed by atoms with Crippen LogP contribution in [-0.4, -0.2) is 20.1 Å². The molecule has 0 radical (unpaired) electrons. The van der Waals surface area contributed by atoms with Gasteiger partial charge in [0.05, 0.1) is 11.9 Å². The SMILES string of the molecule is CCn1nncc1C(O)c1ccc(C)c(C)c1. The van der Waals surface area contributed by atoms with Crippen LogP contribution in [0.1, 0.15) is 35.4 Å². The highest BCUT2D eigenvalue weighted by molar-refractivity contribution is 5.33. The molecule has 1 aromatic carbocycles. The molecule has 1 unspecified atom stereocenters. The van der Waals surface area contributed by atoms with Gasteiger partial charge in [0, 0.05) is 6.54 Å². The number of hydrogen-bond donors (Lipinski definition) is 1.